The third kappa shape index (κ3) is 11.6. The van der Waals surface area contributed by atoms with Crippen LogP contribution in [-0.2, 0) is 6.42 Å². The number of aryl methyl sites for hydroxylation is 1. The van der Waals surface area contributed by atoms with Crippen molar-refractivity contribution in [2.45, 2.75) is 83.2 Å². The predicted molar refractivity (Wildman–Crippen MR) is 155 cm³/mol. The number of allylic oxidation sites excluding steroid dienone is 2. The first-order chi connectivity index (χ1) is 18.7. The zero-order valence-corrected chi connectivity index (χ0v) is 23.9. The Morgan fingerprint density at radius 2 is 1.46 bits per heavy atom. The molecule has 0 N–H and O–H groups in total. The van der Waals surface area contributed by atoms with E-state index in [1.807, 2.05) is 0 Å². The molecule has 1 nitrogen and oxygen atoms in total. The molecule has 0 fully saturated rings. The Morgan fingerprint density at radius 3 is 2.21 bits per heavy atom. The van der Waals surface area contributed by atoms with Crippen LogP contribution in [0.1, 0.15) is 87.3 Å². The molecule has 7 heteroatoms. The lowest BCUT2D eigenvalue weighted by Gasteiger charge is -2.17. The fourth-order valence-corrected chi connectivity index (χ4v) is 6.31. The smallest absolute Gasteiger partial charge is 0.306 e. The summed E-state index contributed by atoms with van der Waals surface area (Å²) in [6.45, 7) is 2.05. The van der Waals surface area contributed by atoms with Gasteiger partial charge in [-0.2, -0.15) is 24.9 Å². The van der Waals surface area contributed by atoms with Crippen LogP contribution in [0.2, 0.25) is 0 Å². The van der Waals surface area contributed by atoms with E-state index in [1.54, 1.807) is 11.8 Å². The zero-order valence-electron chi connectivity index (χ0n) is 23.1. The van der Waals surface area contributed by atoms with Gasteiger partial charge in [0.15, 0.2) is 0 Å². The molecular formula is C32H42F5NS. The minimum atomic E-state index is -4.03. The number of nitrogens with zero attached hydrogens (tertiary/aromatic N) is 1. The maximum Gasteiger partial charge on any atom is 0.389 e. The number of unbranched alkanes of at least 4 members (excludes halogenated alkanes) is 4. The van der Waals surface area contributed by atoms with Crippen LogP contribution >= 0.6 is 11.8 Å². The van der Waals surface area contributed by atoms with E-state index in [1.165, 1.54) is 28.8 Å². The highest BCUT2D eigenvalue weighted by Crippen LogP contribution is 2.39. The van der Waals surface area contributed by atoms with Crippen molar-refractivity contribution in [2.75, 3.05) is 31.6 Å². The Bertz CT molecular complexity index is 1030. The Labute approximate surface area is 235 Å². The lowest BCUT2D eigenvalue weighted by molar-refractivity contribution is -0.134. The standard InChI is InChI=1S/C32H42F5NS/c1-38(19-8-9-20-39-21-11-17-32(35,36)37)18-7-3-2-4-15-31-29-14-6-5-12-25(29)13-10-16-30(31)26-22-27(33)24-28(34)23-26/h5-6,12,14,22-24H,2-4,7-11,13,15-21H2,1H3. The van der Waals surface area contributed by atoms with Gasteiger partial charge in [-0.25, -0.2) is 8.78 Å². The quantitative estimate of drug-likeness (QED) is 0.147. The van der Waals surface area contributed by atoms with Gasteiger partial charge < -0.3 is 4.90 Å². The molecule has 216 valence electrons. The van der Waals surface area contributed by atoms with Crippen molar-refractivity contribution in [3.8, 4) is 0 Å². The van der Waals surface area contributed by atoms with E-state index in [4.69, 9.17) is 0 Å². The van der Waals surface area contributed by atoms with Crippen molar-refractivity contribution in [2.24, 2.45) is 0 Å². The van der Waals surface area contributed by atoms with Crippen LogP contribution < -0.4 is 0 Å². The highest BCUT2D eigenvalue weighted by Gasteiger charge is 2.25. The predicted octanol–water partition coefficient (Wildman–Crippen LogP) is 9.95. The molecule has 0 unspecified atom stereocenters. The molecule has 0 aliphatic heterocycles. The summed E-state index contributed by atoms with van der Waals surface area (Å²) < 4.78 is 64.6. The minimum absolute atomic E-state index is 0.211. The fourth-order valence-electron chi connectivity index (χ4n) is 5.35. The molecule has 0 saturated heterocycles. The molecule has 39 heavy (non-hydrogen) atoms. The zero-order chi connectivity index (χ0) is 28.1. The second-order valence-corrected chi connectivity index (χ2v) is 11.9. The van der Waals surface area contributed by atoms with E-state index < -0.39 is 24.2 Å². The van der Waals surface area contributed by atoms with Crippen molar-refractivity contribution < 1.29 is 22.0 Å². The molecule has 3 rings (SSSR count). The molecule has 0 spiro atoms. The second kappa shape index (κ2) is 16.4. The summed E-state index contributed by atoms with van der Waals surface area (Å²) in [5.74, 6) is 0.448. The second-order valence-electron chi connectivity index (χ2n) is 10.6. The molecule has 0 saturated carbocycles. The van der Waals surface area contributed by atoms with Crippen molar-refractivity contribution >= 4 is 22.9 Å². The number of alkyl halides is 3. The summed E-state index contributed by atoms with van der Waals surface area (Å²) in [5.41, 5.74) is 5.53. The monoisotopic (exact) mass is 567 g/mol. The van der Waals surface area contributed by atoms with Gasteiger partial charge in [-0.1, -0.05) is 37.1 Å². The lowest BCUT2D eigenvalue weighted by Crippen LogP contribution is -2.21. The van der Waals surface area contributed by atoms with Crippen molar-refractivity contribution in [1.29, 1.82) is 0 Å². The third-order valence-corrected chi connectivity index (χ3v) is 8.49. The summed E-state index contributed by atoms with van der Waals surface area (Å²) in [6.07, 6.45) is 5.69. The van der Waals surface area contributed by atoms with Crippen molar-refractivity contribution in [1.82, 2.24) is 4.90 Å². The molecule has 2 aromatic rings. The molecule has 0 heterocycles. The third-order valence-electron chi connectivity index (χ3n) is 7.33. The SMILES string of the molecule is CN(CCCCCCC1=C(c2cc(F)cc(F)c2)CCCc2ccccc21)CCCCSCCCC(F)(F)F. The average molecular weight is 568 g/mol. The van der Waals surface area contributed by atoms with E-state index in [0.717, 1.165) is 94.7 Å². The Hall–Kier alpha value is -1.86. The number of benzene rings is 2. The van der Waals surface area contributed by atoms with Gasteiger partial charge in [0, 0.05) is 12.5 Å². The van der Waals surface area contributed by atoms with E-state index in [2.05, 4.69) is 36.2 Å². The Balaban J connectivity index is 1.40. The van der Waals surface area contributed by atoms with Gasteiger partial charge in [0.2, 0.25) is 0 Å². The Kier molecular flexibility index (Phi) is 13.3. The van der Waals surface area contributed by atoms with E-state index in [-0.39, 0.29) is 6.42 Å². The number of thioether (sulfide) groups is 1. The summed E-state index contributed by atoms with van der Waals surface area (Å²) in [5, 5.41) is 0. The number of rotatable bonds is 16. The maximum atomic E-state index is 14.1. The first-order valence-electron chi connectivity index (χ1n) is 14.3. The summed E-state index contributed by atoms with van der Waals surface area (Å²) in [7, 11) is 2.13. The fraction of sp³-hybridized carbons (Fsp3) is 0.562. The first-order valence-corrected chi connectivity index (χ1v) is 15.5. The van der Waals surface area contributed by atoms with Gasteiger partial charge in [-0.3, -0.25) is 0 Å². The van der Waals surface area contributed by atoms with Crippen LogP contribution in [0.5, 0.6) is 0 Å². The highest BCUT2D eigenvalue weighted by atomic mass is 32.2. The molecule has 0 amide bonds. The molecule has 0 radical (unpaired) electrons. The largest absolute Gasteiger partial charge is 0.389 e. The molecule has 1 aliphatic rings. The number of hydrogen-bond acceptors (Lipinski definition) is 2. The van der Waals surface area contributed by atoms with Crippen LogP contribution in [-0.4, -0.2) is 42.7 Å². The summed E-state index contributed by atoms with van der Waals surface area (Å²) in [6, 6.07) is 12.3. The van der Waals surface area contributed by atoms with E-state index in [0.29, 0.717) is 11.3 Å². The number of hydrogen-bond donors (Lipinski definition) is 0. The minimum Gasteiger partial charge on any atom is -0.306 e. The van der Waals surface area contributed by atoms with E-state index >= 15 is 0 Å². The number of fused-ring (bicyclic) bond motifs is 1. The topological polar surface area (TPSA) is 3.24 Å². The Morgan fingerprint density at radius 1 is 0.795 bits per heavy atom. The summed E-state index contributed by atoms with van der Waals surface area (Å²) >= 11 is 1.62. The first kappa shape index (κ1) is 31.7. The average Bonchev–Trinajstić information content (AvgIpc) is 3.06. The van der Waals surface area contributed by atoms with Crippen LogP contribution in [0.25, 0.3) is 11.1 Å². The van der Waals surface area contributed by atoms with Gasteiger partial charge >= 0.3 is 6.18 Å². The van der Waals surface area contributed by atoms with Crippen LogP contribution in [0, 0.1) is 11.6 Å². The lowest BCUT2D eigenvalue weighted by atomic mass is 9.89. The molecule has 0 aromatic heterocycles. The van der Waals surface area contributed by atoms with Gasteiger partial charge in [0.25, 0.3) is 0 Å². The highest BCUT2D eigenvalue weighted by molar-refractivity contribution is 7.99. The molecule has 0 bridgehead atoms. The molecule has 2 aromatic carbocycles. The molecular weight excluding hydrogens is 525 g/mol. The maximum absolute atomic E-state index is 14.1. The van der Waals surface area contributed by atoms with Gasteiger partial charge in [0.05, 0.1) is 0 Å². The normalized spacial score (nSPS) is 14.1. The number of halogens is 5. The molecule has 1 aliphatic carbocycles. The summed E-state index contributed by atoms with van der Waals surface area (Å²) in [4.78, 5) is 2.34. The van der Waals surface area contributed by atoms with E-state index in [9.17, 15) is 22.0 Å². The van der Waals surface area contributed by atoms with Gasteiger partial charge in [0.1, 0.15) is 11.6 Å². The van der Waals surface area contributed by atoms with Gasteiger partial charge in [-0.15, -0.1) is 0 Å². The van der Waals surface area contributed by atoms with Crippen LogP contribution in [0.4, 0.5) is 22.0 Å². The van der Waals surface area contributed by atoms with Crippen molar-refractivity contribution in [3.05, 3.63) is 70.8 Å². The van der Waals surface area contributed by atoms with Crippen LogP contribution in [0.3, 0.4) is 0 Å². The van der Waals surface area contributed by atoms with Crippen LogP contribution in [0.15, 0.2) is 42.5 Å². The molecule has 0 atom stereocenters. The van der Waals surface area contributed by atoms with Gasteiger partial charge in [-0.05, 0) is 129 Å². The van der Waals surface area contributed by atoms with Crippen molar-refractivity contribution in [3.63, 3.8) is 0 Å².